The number of hydrogen-bond acceptors (Lipinski definition) is 7. The van der Waals surface area contributed by atoms with Gasteiger partial charge in [-0.15, -0.1) is 0 Å². The summed E-state index contributed by atoms with van der Waals surface area (Å²) in [5.74, 6) is 0.253. The minimum Gasteiger partial charge on any atom is -0.370 e. The van der Waals surface area contributed by atoms with Crippen LogP contribution in [0.5, 0.6) is 0 Å². The number of aromatic nitrogens is 5. The summed E-state index contributed by atoms with van der Waals surface area (Å²) >= 11 is 0. The number of piperidine rings is 1. The molecule has 0 spiro atoms. The van der Waals surface area contributed by atoms with E-state index in [0.29, 0.717) is 23.0 Å². The number of amides is 1. The molecule has 6 rings (SSSR count). The fourth-order valence-corrected chi connectivity index (χ4v) is 5.11. The number of carbonyl (C=O) groups is 1. The second-order valence-corrected chi connectivity index (χ2v) is 9.60. The SMILES string of the molecule is Cc1cn2cc(NC(=O)c3ccc(N4CCCC(OC5CNC5)C4)c4cn(C)nc34)nc2c(C)n1. The number of carbonyl (C=O) groups excluding carboxylic acids is 1. The van der Waals surface area contributed by atoms with Crippen molar-refractivity contribution in [3.05, 3.63) is 47.7 Å². The van der Waals surface area contributed by atoms with Crippen LogP contribution in [0.25, 0.3) is 16.6 Å². The van der Waals surface area contributed by atoms with E-state index in [0.717, 1.165) is 67.1 Å². The summed E-state index contributed by atoms with van der Waals surface area (Å²) in [5.41, 5.74) is 4.74. The number of aryl methyl sites for hydroxylation is 3. The lowest BCUT2D eigenvalue weighted by atomic mass is 10.0. The average Bonchev–Trinajstić information content (AvgIpc) is 3.38. The highest BCUT2D eigenvalue weighted by molar-refractivity contribution is 6.13. The minimum absolute atomic E-state index is 0.224. The third-order valence-corrected chi connectivity index (χ3v) is 6.83. The van der Waals surface area contributed by atoms with Gasteiger partial charge < -0.3 is 24.7 Å². The highest BCUT2D eigenvalue weighted by Crippen LogP contribution is 2.32. The zero-order chi connectivity index (χ0) is 24.1. The molecule has 1 unspecified atom stereocenters. The molecule has 0 saturated carbocycles. The van der Waals surface area contributed by atoms with E-state index in [9.17, 15) is 4.79 Å². The Kier molecular flexibility index (Phi) is 5.42. The first-order valence-electron chi connectivity index (χ1n) is 12.2. The van der Waals surface area contributed by atoms with E-state index in [4.69, 9.17) is 4.74 Å². The van der Waals surface area contributed by atoms with Gasteiger partial charge in [-0.1, -0.05) is 0 Å². The van der Waals surface area contributed by atoms with E-state index in [1.165, 1.54) is 0 Å². The minimum atomic E-state index is -0.233. The average molecular weight is 475 g/mol. The second-order valence-electron chi connectivity index (χ2n) is 9.60. The van der Waals surface area contributed by atoms with Gasteiger partial charge in [-0.05, 0) is 38.8 Å². The third-order valence-electron chi connectivity index (χ3n) is 6.83. The van der Waals surface area contributed by atoms with Crippen LogP contribution in [0.1, 0.15) is 34.6 Å². The van der Waals surface area contributed by atoms with Crippen LogP contribution in [0.2, 0.25) is 0 Å². The summed E-state index contributed by atoms with van der Waals surface area (Å²) in [6.07, 6.45) is 8.41. The number of benzene rings is 1. The van der Waals surface area contributed by atoms with Gasteiger partial charge in [0, 0.05) is 56.7 Å². The van der Waals surface area contributed by atoms with Gasteiger partial charge in [-0.3, -0.25) is 14.5 Å². The quantitative estimate of drug-likeness (QED) is 0.458. The molecule has 35 heavy (non-hydrogen) atoms. The van der Waals surface area contributed by atoms with E-state index >= 15 is 0 Å². The van der Waals surface area contributed by atoms with Crippen LogP contribution in [-0.4, -0.2) is 68.4 Å². The van der Waals surface area contributed by atoms with Crippen LogP contribution < -0.4 is 15.5 Å². The van der Waals surface area contributed by atoms with Crippen LogP contribution >= 0.6 is 0 Å². The summed E-state index contributed by atoms with van der Waals surface area (Å²) in [6.45, 7) is 7.54. The fourth-order valence-electron chi connectivity index (χ4n) is 5.11. The van der Waals surface area contributed by atoms with Crippen molar-refractivity contribution in [1.29, 1.82) is 0 Å². The third kappa shape index (κ3) is 4.12. The molecule has 1 atom stereocenters. The van der Waals surface area contributed by atoms with Gasteiger partial charge in [-0.2, -0.15) is 5.10 Å². The number of ether oxygens (including phenoxy) is 1. The predicted molar refractivity (Wildman–Crippen MR) is 134 cm³/mol. The maximum atomic E-state index is 13.3. The Balaban J connectivity index is 1.27. The standard InChI is InChI=1S/C25H30N8O2/c1-15-11-33-14-22(28-24(33)16(2)27-15)29-25(34)19-6-7-21(20-13-31(3)30-23(19)20)32-8-4-5-17(12-32)35-18-9-26-10-18/h6-7,11,13-14,17-18,26H,4-5,8-10,12H2,1-3H3,(H,29,34). The van der Waals surface area contributed by atoms with Crippen molar-refractivity contribution >= 4 is 34.0 Å². The number of hydrogen-bond donors (Lipinski definition) is 2. The topological polar surface area (TPSA) is 102 Å². The number of rotatable bonds is 5. The molecule has 182 valence electrons. The number of nitrogens with zero attached hydrogens (tertiary/aromatic N) is 6. The molecule has 4 aromatic rings. The second kappa shape index (κ2) is 8.62. The molecule has 5 heterocycles. The van der Waals surface area contributed by atoms with E-state index in [2.05, 4.69) is 30.6 Å². The molecule has 3 aromatic heterocycles. The zero-order valence-corrected chi connectivity index (χ0v) is 20.3. The van der Waals surface area contributed by atoms with Crippen molar-refractivity contribution < 1.29 is 9.53 Å². The van der Waals surface area contributed by atoms with Gasteiger partial charge in [0.2, 0.25) is 0 Å². The Morgan fingerprint density at radius 3 is 2.80 bits per heavy atom. The highest BCUT2D eigenvalue weighted by atomic mass is 16.5. The molecule has 0 bridgehead atoms. The van der Waals surface area contributed by atoms with Crippen molar-refractivity contribution in [3.63, 3.8) is 0 Å². The van der Waals surface area contributed by atoms with E-state index in [-0.39, 0.29) is 12.0 Å². The maximum Gasteiger partial charge on any atom is 0.259 e. The van der Waals surface area contributed by atoms with E-state index in [1.807, 2.05) is 56.0 Å². The van der Waals surface area contributed by atoms with Gasteiger partial charge in [-0.25, -0.2) is 4.98 Å². The van der Waals surface area contributed by atoms with E-state index < -0.39 is 0 Å². The molecule has 1 amide bonds. The lowest BCUT2D eigenvalue weighted by molar-refractivity contribution is -0.0418. The molecule has 1 aromatic carbocycles. The first kappa shape index (κ1) is 22.0. The van der Waals surface area contributed by atoms with Crippen LogP contribution in [0.4, 0.5) is 11.5 Å². The Bertz CT molecular complexity index is 1420. The normalized spacial score (nSPS) is 18.8. The summed E-state index contributed by atoms with van der Waals surface area (Å²) in [6, 6.07) is 3.90. The van der Waals surface area contributed by atoms with Gasteiger partial charge >= 0.3 is 0 Å². The molecule has 0 radical (unpaired) electrons. The monoisotopic (exact) mass is 474 g/mol. The zero-order valence-electron chi connectivity index (χ0n) is 20.3. The molecule has 2 aliphatic heterocycles. The molecule has 2 fully saturated rings. The summed E-state index contributed by atoms with van der Waals surface area (Å²) in [7, 11) is 1.89. The van der Waals surface area contributed by atoms with Crippen LogP contribution in [0.3, 0.4) is 0 Å². The smallest absolute Gasteiger partial charge is 0.259 e. The number of anilines is 2. The molecular formula is C25H30N8O2. The maximum absolute atomic E-state index is 13.3. The van der Waals surface area contributed by atoms with E-state index in [1.54, 1.807) is 4.68 Å². The molecule has 0 aliphatic carbocycles. The van der Waals surface area contributed by atoms with Crippen molar-refractivity contribution in [1.82, 2.24) is 29.5 Å². The Labute approximate surface area is 203 Å². The summed E-state index contributed by atoms with van der Waals surface area (Å²) in [5, 5.41) is 11.8. The van der Waals surface area contributed by atoms with Crippen molar-refractivity contribution in [2.75, 3.05) is 36.4 Å². The van der Waals surface area contributed by atoms with Gasteiger partial charge in [0.15, 0.2) is 11.5 Å². The molecular weight excluding hydrogens is 444 g/mol. The molecule has 10 nitrogen and oxygen atoms in total. The van der Waals surface area contributed by atoms with Crippen LogP contribution in [0.15, 0.2) is 30.7 Å². The Morgan fingerprint density at radius 1 is 1.14 bits per heavy atom. The lowest BCUT2D eigenvalue weighted by Gasteiger charge is -2.38. The Hall–Kier alpha value is -3.50. The fraction of sp³-hybridized carbons (Fsp3) is 0.440. The summed E-state index contributed by atoms with van der Waals surface area (Å²) < 4.78 is 9.92. The summed E-state index contributed by atoms with van der Waals surface area (Å²) in [4.78, 5) is 24.7. The van der Waals surface area contributed by atoms with Gasteiger partial charge in [0.05, 0.1) is 35.4 Å². The molecule has 2 N–H and O–H groups in total. The number of fused-ring (bicyclic) bond motifs is 2. The first-order valence-corrected chi connectivity index (χ1v) is 12.2. The van der Waals surface area contributed by atoms with Crippen molar-refractivity contribution in [3.8, 4) is 0 Å². The van der Waals surface area contributed by atoms with Crippen molar-refractivity contribution in [2.24, 2.45) is 7.05 Å². The van der Waals surface area contributed by atoms with Crippen LogP contribution in [0, 0.1) is 13.8 Å². The first-order chi connectivity index (χ1) is 16.9. The lowest BCUT2D eigenvalue weighted by Crippen LogP contribution is -2.52. The molecule has 2 saturated heterocycles. The largest absolute Gasteiger partial charge is 0.370 e. The van der Waals surface area contributed by atoms with Crippen LogP contribution in [-0.2, 0) is 11.8 Å². The molecule has 2 aliphatic rings. The number of nitrogens with one attached hydrogen (secondary N) is 2. The Morgan fingerprint density at radius 2 is 2.00 bits per heavy atom. The molecule has 10 heteroatoms. The predicted octanol–water partition coefficient (Wildman–Crippen LogP) is 2.44. The number of imidazole rings is 1. The van der Waals surface area contributed by atoms with Gasteiger partial charge in [0.1, 0.15) is 5.52 Å². The van der Waals surface area contributed by atoms with Gasteiger partial charge in [0.25, 0.3) is 5.91 Å². The highest BCUT2D eigenvalue weighted by Gasteiger charge is 2.28. The van der Waals surface area contributed by atoms with Crippen molar-refractivity contribution in [2.45, 2.75) is 38.9 Å².